The van der Waals surface area contributed by atoms with Crippen molar-refractivity contribution in [2.75, 3.05) is 7.11 Å². The number of hydrogen-bond acceptors (Lipinski definition) is 2. The van der Waals surface area contributed by atoms with Gasteiger partial charge >= 0.3 is 0 Å². The largest absolute Gasteiger partial charge is 0.494 e. The molecule has 0 aliphatic carbocycles. The molecule has 0 fully saturated rings. The van der Waals surface area contributed by atoms with E-state index < -0.39 is 0 Å². The average molecular weight is 287 g/mol. The minimum Gasteiger partial charge on any atom is -0.494 e. The molecule has 1 atom stereocenters. The van der Waals surface area contributed by atoms with Crippen LogP contribution in [-0.2, 0) is 12.8 Å². The van der Waals surface area contributed by atoms with E-state index in [-0.39, 0.29) is 17.6 Å². The molecule has 2 aromatic carbocycles. The summed E-state index contributed by atoms with van der Waals surface area (Å²) in [5.41, 5.74) is 10.5. The highest BCUT2D eigenvalue weighted by molar-refractivity contribution is 5.33. The summed E-state index contributed by atoms with van der Waals surface area (Å²) in [5.74, 6) is -0.0390. The minimum atomic E-state index is -0.309. The summed E-state index contributed by atoms with van der Waals surface area (Å²) < 4.78 is 19.1. The van der Waals surface area contributed by atoms with Crippen LogP contribution in [0.25, 0.3) is 0 Å². The van der Waals surface area contributed by atoms with Gasteiger partial charge in [-0.15, -0.1) is 0 Å². The lowest BCUT2D eigenvalue weighted by Crippen LogP contribution is -2.26. The third-order valence-corrected chi connectivity index (χ3v) is 3.73. The van der Waals surface area contributed by atoms with Gasteiger partial charge in [-0.05, 0) is 49.4 Å². The molecular weight excluding hydrogens is 265 g/mol. The maximum absolute atomic E-state index is 14.1. The van der Waals surface area contributed by atoms with Gasteiger partial charge in [-0.1, -0.05) is 35.9 Å². The van der Waals surface area contributed by atoms with Gasteiger partial charge in [0.05, 0.1) is 7.11 Å². The fourth-order valence-corrected chi connectivity index (χ4v) is 2.53. The fourth-order valence-electron chi connectivity index (χ4n) is 2.53. The normalized spacial score (nSPS) is 12.2. The van der Waals surface area contributed by atoms with Gasteiger partial charge in [0.2, 0.25) is 0 Å². The lowest BCUT2D eigenvalue weighted by atomic mass is 9.95. The van der Waals surface area contributed by atoms with Crippen molar-refractivity contribution in [3.05, 3.63) is 64.5 Å². The van der Waals surface area contributed by atoms with Crippen molar-refractivity contribution in [1.29, 1.82) is 0 Å². The van der Waals surface area contributed by atoms with E-state index in [9.17, 15) is 4.39 Å². The first kappa shape index (κ1) is 15.5. The highest BCUT2D eigenvalue weighted by Crippen LogP contribution is 2.22. The first-order chi connectivity index (χ1) is 10.0. The zero-order valence-corrected chi connectivity index (χ0v) is 12.8. The van der Waals surface area contributed by atoms with Crippen molar-refractivity contribution in [3.63, 3.8) is 0 Å². The van der Waals surface area contributed by atoms with E-state index in [1.165, 1.54) is 23.8 Å². The molecule has 0 aromatic heterocycles. The quantitative estimate of drug-likeness (QED) is 0.912. The first-order valence-corrected chi connectivity index (χ1v) is 7.14. The molecule has 0 bridgehead atoms. The lowest BCUT2D eigenvalue weighted by Gasteiger charge is -2.15. The molecule has 2 rings (SSSR count). The highest BCUT2D eigenvalue weighted by atomic mass is 19.1. The number of hydrogen-bond donors (Lipinski definition) is 1. The first-order valence-electron chi connectivity index (χ1n) is 7.14. The monoisotopic (exact) mass is 287 g/mol. The molecule has 3 heteroatoms. The van der Waals surface area contributed by atoms with Crippen LogP contribution in [-0.4, -0.2) is 13.2 Å². The van der Waals surface area contributed by atoms with Crippen LogP contribution in [0.1, 0.15) is 22.3 Å². The average Bonchev–Trinajstić information content (AvgIpc) is 2.45. The predicted molar refractivity (Wildman–Crippen MR) is 84.3 cm³/mol. The number of methoxy groups -OCH3 is 1. The Balaban J connectivity index is 2.11. The summed E-state index contributed by atoms with van der Waals surface area (Å²) in [7, 11) is 1.47. The smallest absolute Gasteiger partial charge is 0.168 e. The Morgan fingerprint density at radius 2 is 1.81 bits per heavy atom. The van der Waals surface area contributed by atoms with Gasteiger partial charge in [-0.2, -0.15) is 0 Å². The number of benzene rings is 2. The summed E-state index contributed by atoms with van der Waals surface area (Å²) in [4.78, 5) is 0. The molecule has 2 nitrogen and oxygen atoms in total. The van der Waals surface area contributed by atoms with Gasteiger partial charge < -0.3 is 10.5 Å². The Labute approximate surface area is 125 Å². The van der Waals surface area contributed by atoms with Gasteiger partial charge in [0.1, 0.15) is 0 Å². The molecule has 0 spiro atoms. The standard InChI is InChI=1S/C18H22FNO/c1-12-7-8-13(2)15(9-12)11-16(20)10-14-5-4-6-17(21-3)18(14)19/h4-9,16H,10-11,20H2,1-3H3. The molecule has 0 saturated carbocycles. The van der Waals surface area contributed by atoms with Crippen LogP contribution < -0.4 is 10.5 Å². The Hall–Kier alpha value is -1.87. The van der Waals surface area contributed by atoms with E-state index in [0.29, 0.717) is 12.0 Å². The van der Waals surface area contributed by atoms with Crippen molar-refractivity contribution >= 4 is 0 Å². The van der Waals surface area contributed by atoms with Gasteiger partial charge in [-0.25, -0.2) is 4.39 Å². The summed E-state index contributed by atoms with van der Waals surface area (Å²) in [6, 6.07) is 11.4. The molecule has 2 aromatic rings. The van der Waals surface area contributed by atoms with Crippen LogP contribution in [0, 0.1) is 19.7 Å². The zero-order valence-electron chi connectivity index (χ0n) is 12.8. The molecule has 0 aliphatic rings. The Bertz CT molecular complexity index is 625. The molecule has 21 heavy (non-hydrogen) atoms. The van der Waals surface area contributed by atoms with E-state index in [0.717, 1.165) is 6.42 Å². The van der Waals surface area contributed by atoms with Crippen molar-refractivity contribution in [1.82, 2.24) is 0 Å². The SMILES string of the molecule is COc1cccc(CC(N)Cc2cc(C)ccc2C)c1F. The molecule has 0 amide bonds. The van der Waals surface area contributed by atoms with E-state index in [1.54, 1.807) is 18.2 Å². The number of nitrogens with two attached hydrogens (primary N) is 1. The van der Waals surface area contributed by atoms with Crippen LogP contribution in [0.2, 0.25) is 0 Å². The molecule has 1 unspecified atom stereocenters. The van der Waals surface area contributed by atoms with Crippen LogP contribution in [0.15, 0.2) is 36.4 Å². The molecule has 2 N–H and O–H groups in total. The molecule has 0 saturated heterocycles. The third kappa shape index (κ3) is 3.82. The van der Waals surface area contributed by atoms with Crippen LogP contribution in [0.5, 0.6) is 5.75 Å². The van der Waals surface area contributed by atoms with Crippen molar-refractivity contribution < 1.29 is 9.13 Å². The maximum atomic E-state index is 14.1. The highest BCUT2D eigenvalue weighted by Gasteiger charge is 2.13. The predicted octanol–water partition coefficient (Wildman–Crippen LogP) is 3.56. The van der Waals surface area contributed by atoms with E-state index >= 15 is 0 Å². The summed E-state index contributed by atoms with van der Waals surface area (Å²) in [6.45, 7) is 4.14. The summed E-state index contributed by atoms with van der Waals surface area (Å²) >= 11 is 0. The van der Waals surface area contributed by atoms with Crippen molar-refractivity contribution in [3.8, 4) is 5.75 Å². The van der Waals surface area contributed by atoms with Crippen molar-refractivity contribution in [2.24, 2.45) is 5.73 Å². The second-order valence-electron chi connectivity index (χ2n) is 5.53. The van der Waals surface area contributed by atoms with E-state index in [4.69, 9.17) is 10.5 Å². The van der Waals surface area contributed by atoms with Crippen molar-refractivity contribution in [2.45, 2.75) is 32.7 Å². The Morgan fingerprint density at radius 1 is 1.10 bits per heavy atom. The molecule has 0 aliphatic heterocycles. The number of halogens is 1. The summed E-state index contributed by atoms with van der Waals surface area (Å²) in [6.07, 6.45) is 1.24. The van der Waals surface area contributed by atoms with Crippen LogP contribution >= 0.6 is 0 Å². The minimum absolute atomic E-state index is 0.118. The number of rotatable bonds is 5. The van der Waals surface area contributed by atoms with E-state index in [2.05, 4.69) is 32.0 Å². The Morgan fingerprint density at radius 3 is 2.52 bits per heavy atom. The Kier molecular flexibility index (Phi) is 4.97. The van der Waals surface area contributed by atoms with Gasteiger partial charge in [-0.3, -0.25) is 0 Å². The van der Waals surface area contributed by atoms with Crippen LogP contribution in [0.4, 0.5) is 4.39 Å². The summed E-state index contributed by atoms with van der Waals surface area (Å²) in [5, 5.41) is 0. The maximum Gasteiger partial charge on any atom is 0.168 e. The van der Waals surface area contributed by atoms with Gasteiger partial charge in [0, 0.05) is 6.04 Å². The topological polar surface area (TPSA) is 35.2 Å². The molecule has 0 heterocycles. The fraction of sp³-hybridized carbons (Fsp3) is 0.333. The lowest BCUT2D eigenvalue weighted by molar-refractivity contribution is 0.383. The second kappa shape index (κ2) is 6.72. The van der Waals surface area contributed by atoms with Gasteiger partial charge in [0.15, 0.2) is 11.6 Å². The number of ether oxygens (including phenoxy) is 1. The van der Waals surface area contributed by atoms with Crippen LogP contribution in [0.3, 0.4) is 0 Å². The molecular formula is C18H22FNO. The van der Waals surface area contributed by atoms with Gasteiger partial charge in [0.25, 0.3) is 0 Å². The third-order valence-electron chi connectivity index (χ3n) is 3.73. The second-order valence-corrected chi connectivity index (χ2v) is 5.53. The van der Waals surface area contributed by atoms with E-state index in [1.807, 2.05) is 0 Å². The number of aryl methyl sites for hydroxylation is 2. The zero-order chi connectivity index (χ0) is 15.4. The molecule has 0 radical (unpaired) electrons. The molecule has 112 valence electrons.